The molecule has 0 aliphatic rings. The molecule has 0 aliphatic heterocycles. The number of methoxy groups -OCH3 is 1. The molecular weight excluding hydrogens is 276 g/mol. The van der Waals surface area contributed by atoms with Gasteiger partial charge in [0.2, 0.25) is 5.89 Å². The van der Waals surface area contributed by atoms with Gasteiger partial charge in [-0.15, -0.1) is 10.2 Å². The molecule has 0 spiro atoms. The first kappa shape index (κ1) is 10.8. The number of nitrogens with zero attached hydrogens (tertiary/aromatic N) is 2. The number of hydrogen-bond acceptors (Lipinski definition) is 5. The Hall–Kier alpha value is -1.69. The van der Waals surface area contributed by atoms with Crippen LogP contribution in [0.3, 0.4) is 0 Å². The van der Waals surface area contributed by atoms with Crippen molar-refractivity contribution in [1.29, 1.82) is 0 Å². The SMILES string of the molecule is COC(=O)c1nnc(-c2ccc(Br)cc2)o1. The van der Waals surface area contributed by atoms with E-state index in [1.54, 1.807) is 12.1 Å². The van der Waals surface area contributed by atoms with Crippen molar-refractivity contribution in [3.63, 3.8) is 0 Å². The molecule has 0 aliphatic carbocycles. The first-order valence-corrected chi connectivity index (χ1v) is 5.18. The third-order valence-corrected chi connectivity index (χ3v) is 2.40. The van der Waals surface area contributed by atoms with Crippen molar-refractivity contribution in [3.05, 3.63) is 34.6 Å². The van der Waals surface area contributed by atoms with Crippen LogP contribution in [0.5, 0.6) is 0 Å². The highest BCUT2D eigenvalue weighted by atomic mass is 79.9. The van der Waals surface area contributed by atoms with Crippen LogP contribution in [0.25, 0.3) is 11.5 Å². The molecule has 2 rings (SSSR count). The van der Waals surface area contributed by atoms with Crippen molar-refractivity contribution >= 4 is 21.9 Å². The van der Waals surface area contributed by atoms with Gasteiger partial charge in [-0.3, -0.25) is 0 Å². The number of rotatable bonds is 2. The largest absolute Gasteiger partial charge is 0.462 e. The van der Waals surface area contributed by atoms with Gasteiger partial charge in [-0.2, -0.15) is 0 Å². The summed E-state index contributed by atoms with van der Waals surface area (Å²) in [7, 11) is 1.26. The van der Waals surface area contributed by atoms with Crippen LogP contribution in [0, 0.1) is 0 Å². The number of ether oxygens (including phenoxy) is 1. The molecule has 0 amide bonds. The Morgan fingerprint density at radius 2 is 2.00 bits per heavy atom. The van der Waals surface area contributed by atoms with E-state index < -0.39 is 5.97 Å². The summed E-state index contributed by atoms with van der Waals surface area (Å²) in [6, 6.07) is 7.30. The third kappa shape index (κ3) is 2.11. The molecule has 0 radical (unpaired) electrons. The molecule has 16 heavy (non-hydrogen) atoms. The molecule has 2 aromatic rings. The molecular formula is C10H7BrN2O3. The highest BCUT2D eigenvalue weighted by Gasteiger charge is 2.15. The van der Waals surface area contributed by atoms with Crippen molar-refractivity contribution < 1.29 is 13.9 Å². The Labute approximate surface area is 99.6 Å². The summed E-state index contributed by atoms with van der Waals surface area (Å²) < 4.78 is 10.6. The number of halogens is 1. The number of carbonyl (C=O) groups is 1. The van der Waals surface area contributed by atoms with Gasteiger partial charge in [-0.1, -0.05) is 15.9 Å². The zero-order chi connectivity index (χ0) is 11.5. The summed E-state index contributed by atoms with van der Waals surface area (Å²) in [6.45, 7) is 0. The number of hydrogen-bond donors (Lipinski definition) is 0. The van der Waals surface area contributed by atoms with Gasteiger partial charge in [0.15, 0.2) is 0 Å². The zero-order valence-corrected chi connectivity index (χ0v) is 9.89. The molecule has 0 unspecified atom stereocenters. The van der Waals surface area contributed by atoms with Gasteiger partial charge in [-0.05, 0) is 24.3 Å². The lowest BCUT2D eigenvalue weighted by Crippen LogP contribution is -2.00. The lowest BCUT2D eigenvalue weighted by molar-refractivity contribution is 0.0556. The average molecular weight is 283 g/mol. The van der Waals surface area contributed by atoms with Gasteiger partial charge in [0, 0.05) is 10.0 Å². The van der Waals surface area contributed by atoms with Crippen LogP contribution >= 0.6 is 15.9 Å². The molecule has 82 valence electrons. The van der Waals surface area contributed by atoms with Crippen molar-refractivity contribution in [2.24, 2.45) is 0 Å². The fourth-order valence-electron chi connectivity index (χ4n) is 1.10. The normalized spacial score (nSPS) is 10.1. The minimum atomic E-state index is -0.643. The predicted octanol–water partition coefficient (Wildman–Crippen LogP) is 2.29. The number of benzene rings is 1. The maximum absolute atomic E-state index is 11.1. The van der Waals surface area contributed by atoms with E-state index in [2.05, 4.69) is 30.9 Å². The van der Waals surface area contributed by atoms with Gasteiger partial charge >= 0.3 is 11.9 Å². The molecule has 1 aromatic heterocycles. The Bertz CT molecular complexity index is 507. The van der Waals surface area contributed by atoms with Crippen LogP contribution in [0.4, 0.5) is 0 Å². The molecule has 0 fully saturated rings. The van der Waals surface area contributed by atoms with Crippen molar-refractivity contribution in [1.82, 2.24) is 10.2 Å². The molecule has 0 saturated carbocycles. The predicted molar refractivity (Wildman–Crippen MR) is 58.8 cm³/mol. The molecule has 6 heteroatoms. The number of esters is 1. The summed E-state index contributed by atoms with van der Waals surface area (Å²) in [4.78, 5) is 11.1. The molecule has 0 saturated heterocycles. The maximum Gasteiger partial charge on any atom is 0.396 e. The van der Waals surface area contributed by atoms with Crippen LogP contribution in [-0.4, -0.2) is 23.3 Å². The van der Waals surface area contributed by atoms with E-state index in [-0.39, 0.29) is 11.8 Å². The highest BCUT2D eigenvalue weighted by molar-refractivity contribution is 9.10. The van der Waals surface area contributed by atoms with Crippen LogP contribution in [-0.2, 0) is 4.74 Å². The van der Waals surface area contributed by atoms with Gasteiger partial charge < -0.3 is 9.15 Å². The van der Waals surface area contributed by atoms with E-state index in [1.165, 1.54) is 7.11 Å². The fraction of sp³-hybridized carbons (Fsp3) is 0.100. The van der Waals surface area contributed by atoms with Gasteiger partial charge in [-0.25, -0.2) is 4.79 Å². The van der Waals surface area contributed by atoms with Crippen LogP contribution in [0.15, 0.2) is 33.2 Å². The Balaban J connectivity index is 2.31. The Morgan fingerprint density at radius 3 is 2.62 bits per heavy atom. The van der Waals surface area contributed by atoms with Crippen molar-refractivity contribution in [2.75, 3.05) is 7.11 Å². The Kier molecular flexibility index (Phi) is 3.00. The van der Waals surface area contributed by atoms with Crippen molar-refractivity contribution in [2.45, 2.75) is 0 Å². The number of aromatic nitrogens is 2. The second kappa shape index (κ2) is 4.44. The van der Waals surface area contributed by atoms with Crippen LogP contribution < -0.4 is 0 Å². The van der Waals surface area contributed by atoms with E-state index in [4.69, 9.17) is 4.42 Å². The summed E-state index contributed by atoms with van der Waals surface area (Å²) in [5.74, 6) is -0.510. The van der Waals surface area contributed by atoms with Gasteiger partial charge in [0.1, 0.15) is 0 Å². The van der Waals surface area contributed by atoms with E-state index >= 15 is 0 Å². The third-order valence-electron chi connectivity index (χ3n) is 1.88. The molecule has 1 aromatic carbocycles. The van der Waals surface area contributed by atoms with Gasteiger partial charge in [0.05, 0.1) is 7.11 Å². The lowest BCUT2D eigenvalue weighted by Gasteiger charge is -1.94. The van der Waals surface area contributed by atoms with E-state index in [9.17, 15) is 4.79 Å². The average Bonchev–Trinajstić information content (AvgIpc) is 2.78. The van der Waals surface area contributed by atoms with E-state index in [0.717, 1.165) is 10.0 Å². The minimum absolute atomic E-state index is 0.152. The lowest BCUT2D eigenvalue weighted by atomic mass is 10.2. The summed E-state index contributed by atoms with van der Waals surface area (Å²) in [5.41, 5.74) is 0.742. The highest BCUT2D eigenvalue weighted by Crippen LogP contribution is 2.20. The van der Waals surface area contributed by atoms with Gasteiger partial charge in [0.25, 0.3) is 0 Å². The van der Waals surface area contributed by atoms with E-state index in [0.29, 0.717) is 0 Å². The van der Waals surface area contributed by atoms with E-state index in [1.807, 2.05) is 12.1 Å². The van der Waals surface area contributed by atoms with Crippen LogP contribution in [0.2, 0.25) is 0 Å². The topological polar surface area (TPSA) is 65.2 Å². The first-order valence-electron chi connectivity index (χ1n) is 4.38. The quantitative estimate of drug-likeness (QED) is 0.791. The molecule has 5 nitrogen and oxygen atoms in total. The standard InChI is InChI=1S/C10H7BrN2O3/c1-15-10(14)9-13-12-8(16-9)6-2-4-7(11)5-3-6/h2-5H,1H3. The molecule has 0 atom stereocenters. The summed E-state index contributed by atoms with van der Waals surface area (Å²) in [6.07, 6.45) is 0. The summed E-state index contributed by atoms with van der Waals surface area (Å²) >= 11 is 3.32. The molecule has 0 N–H and O–H groups in total. The first-order chi connectivity index (χ1) is 7.70. The second-order valence-electron chi connectivity index (χ2n) is 2.91. The Morgan fingerprint density at radius 1 is 1.31 bits per heavy atom. The number of carbonyl (C=O) groups excluding carboxylic acids is 1. The fourth-order valence-corrected chi connectivity index (χ4v) is 1.37. The maximum atomic E-state index is 11.1. The molecule has 1 heterocycles. The molecule has 0 bridgehead atoms. The zero-order valence-electron chi connectivity index (χ0n) is 8.31. The smallest absolute Gasteiger partial charge is 0.396 e. The van der Waals surface area contributed by atoms with Crippen LogP contribution in [0.1, 0.15) is 10.7 Å². The summed E-state index contributed by atoms with van der Waals surface area (Å²) in [5, 5.41) is 7.34. The monoisotopic (exact) mass is 282 g/mol. The second-order valence-corrected chi connectivity index (χ2v) is 3.83. The van der Waals surface area contributed by atoms with Crippen molar-refractivity contribution in [3.8, 4) is 11.5 Å². The minimum Gasteiger partial charge on any atom is -0.462 e.